The number of fused-ring (bicyclic) bond motifs is 2. The van der Waals surface area contributed by atoms with E-state index in [1.165, 1.54) is 6.92 Å². The number of carbonyl (C=O) groups excluding carboxylic acids is 4. The Kier molecular flexibility index (Phi) is 5.54. The maximum absolute atomic E-state index is 13.1. The highest BCUT2D eigenvalue weighted by Gasteiger charge is 2.32. The van der Waals surface area contributed by atoms with Crippen LogP contribution in [0.2, 0.25) is 0 Å². The molecular weight excluding hydrogens is 446 g/mol. The largest absolute Gasteiger partial charge is 0.449 e. The first-order chi connectivity index (χ1) is 16.9. The van der Waals surface area contributed by atoms with Crippen LogP contribution in [0.1, 0.15) is 49.1 Å². The average Bonchev–Trinajstić information content (AvgIpc) is 3.42. The van der Waals surface area contributed by atoms with Gasteiger partial charge in [-0.2, -0.15) is 5.10 Å². The number of anilines is 1. The Morgan fingerprint density at radius 3 is 2.23 bits per heavy atom. The molecule has 0 fully saturated rings. The third kappa shape index (κ3) is 4.02. The molecule has 1 heterocycles. The zero-order valence-corrected chi connectivity index (χ0v) is 18.6. The van der Waals surface area contributed by atoms with Gasteiger partial charge in [-0.15, -0.1) is 0 Å². The second-order valence-electron chi connectivity index (χ2n) is 7.97. The highest BCUT2D eigenvalue weighted by molar-refractivity contribution is 6.30. The first-order valence-corrected chi connectivity index (χ1v) is 10.9. The summed E-state index contributed by atoms with van der Waals surface area (Å²) in [5.41, 5.74) is 2.18. The maximum Gasteiger partial charge on any atom is 0.338 e. The van der Waals surface area contributed by atoms with E-state index in [-0.39, 0.29) is 39.5 Å². The van der Waals surface area contributed by atoms with E-state index in [9.17, 15) is 19.2 Å². The SMILES string of the molecule is CC(OC(=O)c1ccc(-n2cccn2)cc1)C(=O)Nc1cccc2c1C(=O)c1ccccc1C2=O. The van der Waals surface area contributed by atoms with Gasteiger partial charge in [0.15, 0.2) is 17.7 Å². The van der Waals surface area contributed by atoms with Gasteiger partial charge in [-0.1, -0.05) is 36.4 Å². The first kappa shape index (κ1) is 22.0. The van der Waals surface area contributed by atoms with Crippen molar-refractivity contribution in [3.63, 3.8) is 0 Å². The fraction of sp³-hybridized carbons (Fsp3) is 0.0741. The van der Waals surface area contributed by atoms with Gasteiger partial charge in [0.05, 0.1) is 22.5 Å². The lowest BCUT2D eigenvalue weighted by Crippen LogP contribution is -2.31. The fourth-order valence-corrected chi connectivity index (χ4v) is 3.94. The van der Waals surface area contributed by atoms with Crippen molar-refractivity contribution in [2.24, 2.45) is 0 Å². The molecule has 0 radical (unpaired) electrons. The summed E-state index contributed by atoms with van der Waals surface area (Å²) < 4.78 is 6.97. The number of rotatable bonds is 5. The highest BCUT2D eigenvalue weighted by atomic mass is 16.5. The number of nitrogens with one attached hydrogen (secondary N) is 1. The lowest BCUT2D eigenvalue weighted by atomic mass is 9.83. The number of aromatic nitrogens is 2. The zero-order chi connectivity index (χ0) is 24.5. The van der Waals surface area contributed by atoms with Crippen LogP contribution in [0.15, 0.2) is 85.2 Å². The summed E-state index contributed by atoms with van der Waals surface area (Å²) >= 11 is 0. The molecule has 0 spiro atoms. The van der Waals surface area contributed by atoms with E-state index in [2.05, 4.69) is 10.4 Å². The molecule has 1 unspecified atom stereocenters. The van der Waals surface area contributed by atoms with Crippen molar-refractivity contribution < 1.29 is 23.9 Å². The predicted molar refractivity (Wildman–Crippen MR) is 127 cm³/mol. The van der Waals surface area contributed by atoms with Crippen LogP contribution < -0.4 is 5.32 Å². The van der Waals surface area contributed by atoms with Crippen LogP contribution in [-0.4, -0.2) is 39.3 Å². The number of nitrogens with zero attached hydrogens (tertiary/aromatic N) is 2. The quantitative estimate of drug-likeness (QED) is 0.395. The number of ether oxygens (including phenoxy) is 1. The molecule has 0 saturated heterocycles. The Labute approximate surface area is 200 Å². The van der Waals surface area contributed by atoms with Crippen LogP contribution in [0.5, 0.6) is 0 Å². The van der Waals surface area contributed by atoms with Gasteiger partial charge < -0.3 is 10.1 Å². The van der Waals surface area contributed by atoms with E-state index >= 15 is 0 Å². The third-order valence-electron chi connectivity index (χ3n) is 5.74. The van der Waals surface area contributed by atoms with Gasteiger partial charge in [0.1, 0.15) is 0 Å². The summed E-state index contributed by atoms with van der Waals surface area (Å²) in [6.07, 6.45) is 2.28. The molecule has 4 aromatic rings. The zero-order valence-electron chi connectivity index (χ0n) is 18.6. The molecule has 1 aliphatic rings. The van der Waals surface area contributed by atoms with Gasteiger partial charge >= 0.3 is 5.97 Å². The maximum atomic E-state index is 13.1. The van der Waals surface area contributed by atoms with E-state index < -0.39 is 18.0 Å². The highest BCUT2D eigenvalue weighted by Crippen LogP contribution is 2.32. The van der Waals surface area contributed by atoms with Gasteiger partial charge in [0, 0.05) is 29.1 Å². The smallest absolute Gasteiger partial charge is 0.338 e. The summed E-state index contributed by atoms with van der Waals surface area (Å²) in [5, 5.41) is 6.76. The van der Waals surface area contributed by atoms with Crippen LogP contribution in [0.3, 0.4) is 0 Å². The fourth-order valence-electron chi connectivity index (χ4n) is 3.94. The van der Waals surface area contributed by atoms with Crippen LogP contribution >= 0.6 is 0 Å². The second-order valence-corrected chi connectivity index (χ2v) is 7.97. The monoisotopic (exact) mass is 465 g/mol. The summed E-state index contributed by atoms with van der Waals surface area (Å²) in [5.74, 6) is -1.94. The van der Waals surface area contributed by atoms with E-state index in [4.69, 9.17) is 4.74 Å². The van der Waals surface area contributed by atoms with Crippen LogP contribution in [0.4, 0.5) is 5.69 Å². The normalized spacial score (nSPS) is 12.9. The van der Waals surface area contributed by atoms with Crippen molar-refractivity contribution in [1.29, 1.82) is 0 Å². The Morgan fingerprint density at radius 2 is 1.54 bits per heavy atom. The lowest BCUT2D eigenvalue weighted by Gasteiger charge is -2.21. The number of ketones is 2. The molecule has 172 valence electrons. The van der Waals surface area contributed by atoms with Crippen molar-refractivity contribution in [2.45, 2.75) is 13.0 Å². The summed E-state index contributed by atoms with van der Waals surface area (Å²) in [7, 11) is 0. The number of amides is 1. The van der Waals surface area contributed by atoms with E-state index in [0.29, 0.717) is 5.56 Å². The number of benzene rings is 3. The minimum absolute atomic E-state index is 0.122. The first-order valence-electron chi connectivity index (χ1n) is 10.9. The number of carbonyl (C=O) groups is 4. The van der Waals surface area contributed by atoms with E-state index in [0.717, 1.165) is 5.69 Å². The van der Waals surface area contributed by atoms with Crippen LogP contribution in [0.25, 0.3) is 5.69 Å². The Hall–Kier alpha value is -4.85. The van der Waals surface area contributed by atoms with Gasteiger partial charge in [-0.25, -0.2) is 9.48 Å². The minimum atomic E-state index is -1.15. The summed E-state index contributed by atoms with van der Waals surface area (Å²) in [6.45, 7) is 1.43. The molecule has 35 heavy (non-hydrogen) atoms. The van der Waals surface area contributed by atoms with Crippen LogP contribution in [-0.2, 0) is 9.53 Å². The summed E-state index contributed by atoms with van der Waals surface area (Å²) in [6, 6.07) is 19.6. The van der Waals surface area contributed by atoms with E-state index in [1.807, 2.05) is 0 Å². The molecule has 1 N–H and O–H groups in total. The molecule has 8 nitrogen and oxygen atoms in total. The van der Waals surface area contributed by atoms with E-state index in [1.54, 1.807) is 89.9 Å². The minimum Gasteiger partial charge on any atom is -0.449 e. The molecule has 1 atom stereocenters. The molecule has 1 aromatic heterocycles. The van der Waals surface area contributed by atoms with Crippen molar-refractivity contribution in [2.75, 3.05) is 5.32 Å². The number of hydrogen-bond donors (Lipinski definition) is 1. The number of hydrogen-bond acceptors (Lipinski definition) is 6. The molecule has 5 rings (SSSR count). The summed E-state index contributed by atoms with van der Waals surface area (Å²) in [4.78, 5) is 51.4. The average molecular weight is 465 g/mol. The Bertz CT molecular complexity index is 1470. The van der Waals surface area contributed by atoms with Crippen molar-refractivity contribution in [1.82, 2.24) is 9.78 Å². The standard InChI is InChI=1S/C27H19N3O5/c1-16(35-27(34)17-10-12-18(13-11-17)30-15-5-14-28-30)26(33)29-22-9-4-8-21-23(22)25(32)20-7-3-2-6-19(20)24(21)31/h2-16H,1H3,(H,29,33). The molecule has 1 aliphatic carbocycles. The molecule has 3 aromatic carbocycles. The molecule has 0 aliphatic heterocycles. The van der Waals surface area contributed by atoms with Crippen molar-refractivity contribution in [3.05, 3.63) is 113 Å². The molecule has 1 amide bonds. The second kappa shape index (κ2) is 8.83. The van der Waals surface area contributed by atoms with Gasteiger partial charge in [0.25, 0.3) is 5.91 Å². The molecule has 0 saturated carbocycles. The Balaban J connectivity index is 1.31. The number of esters is 1. The van der Waals surface area contributed by atoms with Crippen LogP contribution in [0, 0.1) is 0 Å². The molecular formula is C27H19N3O5. The van der Waals surface area contributed by atoms with Gasteiger partial charge in [-0.3, -0.25) is 14.4 Å². The van der Waals surface area contributed by atoms with Gasteiger partial charge in [0.2, 0.25) is 0 Å². The topological polar surface area (TPSA) is 107 Å². The molecule has 8 heteroatoms. The predicted octanol–water partition coefficient (Wildman–Crippen LogP) is 3.83. The van der Waals surface area contributed by atoms with Crippen molar-refractivity contribution >= 4 is 29.1 Å². The molecule has 0 bridgehead atoms. The Morgan fingerprint density at radius 1 is 0.857 bits per heavy atom. The lowest BCUT2D eigenvalue weighted by molar-refractivity contribution is -0.123. The van der Waals surface area contributed by atoms with Gasteiger partial charge in [-0.05, 0) is 43.3 Å². The van der Waals surface area contributed by atoms with Crippen molar-refractivity contribution in [3.8, 4) is 5.69 Å². The third-order valence-corrected chi connectivity index (χ3v) is 5.74.